The van der Waals surface area contributed by atoms with Crippen LogP contribution in [0.3, 0.4) is 0 Å². The van der Waals surface area contributed by atoms with Crippen molar-refractivity contribution in [2.75, 3.05) is 11.4 Å². The molecule has 1 spiro atoms. The van der Waals surface area contributed by atoms with Gasteiger partial charge in [0.2, 0.25) is 17.7 Å². The number of hydrogen-bond donors (Lipinski definition) is 1. The molecular weight excluding hydrogens is 438 g/mol. The lowest BCUT2D eigenvalue weighted by Crippen LogP contribution is -2.46. The molecule has 0 aliphatic carbocycles. The average Bonchev–Trinajstić information content (AvgIpc) is 3.39. The summed E-state index contributed by atoms with van der Waals surface area (Å²) in [4.78, 5) is 16.1. The average molecular weight is 460 g/mol. The van der Waals surface area contributed by atoms with Gasteiger partial charge in [-0.25, -0.2) is 0 Å². The number of carbonyl (C=O) groups excluding carboxylic acids is 1. The summed E-state index contributed by atoms with van der Waals surface area (Å²) in [7, 11) is 0. The van der Waals surface area contributed by atoms with E-state index in [2.05, 4.69) is 6.07 Å². The van der Waals surface area contributed by atoms with Crippen LogP contribution in [0.2, 0.25) is 0 Å². The third-order valence-electron chi connectivity index (χ3n) is 6.69. The summed E-state index contributed by atoms with van der Waals surface area (Å²) in [6.07, 6.45) is 0. The molecule has 0 saturated carbocycles. The Morgan fingerprint density at radius 3 is 2.34 bits per heavy atom. The van der Waals surface area contributed by atoms with Gasteiger partial charge in [0.25, 0.3) is 0 Å². The molecular formula is C28H21N5O2. The molecule has 2 aliphatic rings. The molecule has 35 heavy (non-hydrogen) atoms. The molecule has 7 nitrogen and oxygen atoms in total. The Balaban J connectivity index is 1.79. The molecule has 170 valence electrons. The normalized spacial score (nSPS) is 18.3. The van der Waals surface area contributed by atoms with Gasteiger partial charge in [0.1, 0.15) is 22.8 Å². The van der Waals surface area contributed by atoms with Gasteiger partial charge in [0, 0.05) is 23.4 Å². The van der Waals surface area contributed by atoms with E-state index in [-0.39, 0.29) is 17.4 Å². The minimum absolute atomic E-state index is 0.0724. The van der Waals surface area contributed by atoms with Crippen LogP contribution >= 0.6 is 0 Å². The topological polar surface area (TPSA) is 97.2 Å². The number of ether oxygens (including phenoxy) is 1. The van der Waals surface area contributed by atoms with Crippen LogP contribution in [0.25, 0.3) is 16.9 Å². The molecule has 2 N–H and O–H groups in total. The third kappa shape index (κ3) is 2.65. The molecule has 1 aromatic heterocycles. The van der Waals surface area contributed by atoms with Gasteiger partial charge < -0.3 is 15.4 Å². The summed E-state index contributed by atoms with van der Waals surface area (Å²) >= 11 is 0. The summed E-state index contributed by atoms with van der Waals surface area (Å²) in [5, 5.41) is 15.3. The fraction of sp³-hybridized carbons (Fsp3) is 0.107. The number of fused-ring (bicyclic) bond motifs is 4. The van der Waals surface area contributed by atoms with Crippen molar-refractivity contribution in [1.82, 2.24) is 9.78 Å². The van der Waals surface area contributed by atoms with Crippen molar-refractivity contribution in [1.29, 1.82) is 5.26 Å². The lowest BCUT2D eigenvalue weighted by Gasteiger charge is -2.33. The van der Waals surface area contributed by atoms with Crippen LogP contribution in [0.5, 0.6) is 5.88 Å². The minimum atomic E-state index is -1.47. The summed E-state index contributed by atoms with van der Waals surface area (Å²) in [5.41, 5.74) is 9.06. The van der Waals surface area contributed by atoms with Gasteiger partial charge in [-0.1, -0.05) is 66.7 Å². The first kappa shape index (κ1) is 20.8. The first-order valence-corrected chi connectivity index (χ1v) is 11.4. The van der Waals surface area contributed by atoms with Crippen LogP contribution in [0.1, 0.15) is 18.1 Å². The zero-order chi connectivity index (χ0) is 24.2. The van der Waals surface area contributed by atoms with E-state index in [4.69, 9.17) is 15.6 Å². The highest BCUT2D eigenvalue weighted by atomic mass is 16.5. The molecule has 0 unspecified atom stereocenters. The number of carbonyl (C=O) groups is 1. The molecule has 3 heterocycles. The number of rotatable bonds is 3. The third-order valence-corrected chi connectivity index (χ3v) is 6.69. The van der Waals surface area contributed by atoms with E-state index >= 15 is 0 Å². The Morgan fingerprint density at radius 1 is 1.00 bits per heavy atom. The zero-order valence-electron chi connectivity index (χ0n) is 19.0. The number of benzene rings is 3. The largest absolute Gasteiger partial charge is 0.422 e. The van der Waals surface area contributed by atoms with Crippen molar-refractivity contribution in [2.24, 2.45) is 5.73 Å². The molecule has 3 aromatic carbocycles. The van der Waals surface area contributed by atoms with E-state index in [1.807, 2.05) is 91.9 Å². The maximum Gasteiger partial charge on any atom is 0.247 e. The van der Waals surface area contributed by atoms with E-state index in [9.17, 15) is 10.1 Å². The zero-order valence-corrected chi connectivity index (χ0v) is 19.0. The monoisotopic (exact) mass is 459 g/mol. The minimum Gasteiger partial charge on any atom is -0.422 e. The molecule has 0 bridgehead atoms. The molecule has 1 atom stereocenters. The van der Waals surface area contributed by atoms with Gasteiger partial charge in [0.15, 0.2) is 0 Å². The summed E-state index contributed by atoms with van der Waals surface area (Å²) in [6, 6.07) is 28.9. The predicted molar refractivity (Wildman–Crippen MR) is 132 cm³/mol. The van der Waals surface area contributed by atoms with Crippen molar-refractivity contribution < 1.29 is 9.53 Å². The van der Waals surface area contributed by atoms with E-state index < -0.39 is 5.41 Å². The maximum absolute atomic E-state index is 14.4. The maximum atomic E-state index is 14.4. The van der Waals surface area contributed by atoms with E-state index in [0.29, 0.717) is 29.2 Å². The molecule has 4 aromatic rings. The van der Waals surface area contributed by atoms with E-state index in [1.54, 1.807) is 9.58 Å². The highest BCUT2D eigenvalue weighted by molar-refractivity contribution is 6.15. The van der Waals surface area contributed by atoms with Gasteiger partial charge in [-0.05, 0) is 25.1 Å². The molecule has 0 fully saturated rings. The molecule has 7 heteroatoms. The van der Waals surface area contributed by atoms with Crippen molar-refractivity contribution in [3.05, 3.63) is 108 Å². The second-order valence-electron chi connectivity index (χ2n) is 8.41. The molecule has 1 amide bonds. The van der Waals surface area contributed by atoms with Crippen LogP contribution in [-0.4, -0.2) is 22.2 Å². The fourth-order valence-corrected chi connectivity index (χ4v) is 5.23. The highest BCUT2D eigenvalue weighted by Gasteiger charge is 2.61. The molecule has 2 aliphatic heterocycles. The number of hydrogen-bond acceptors (Lipinski definition) is 5. The second-order valence-corrected chi connectivity index (χ2v) is 8.41. The van der Waals surface area contributed by atoms with Crippen molar-refractivity contribution in [2.45, 2.75) is 12.3 Å². The number of aromatic nitrogens is 2. The molecule has 0 saturated heterocycles. The van der Waals surface area contributed by atoms with Crippen LogP contribution in [0, 0.1) is 11.3 Å². The summed E-state index contributed by atoms with van der Waals surface area (Å²) in [5.74, 6) is -0.0134. The standard InChI is InChI=1S/C28H21N5O2/c1-2-32-22-16-10-9-15-20(22)28(27(32)34)21(17-29)25(30)35-26-23(28)24(18-11-5-3-6-12-18)31-33(26)19-13-7-4-8-14-19/h3-16H,2,30H2,1H3/t28-/m1/s1. The van der Waals surface area contributed by atoms with Crippen LogP contribution in [-0.2, 0) is 10.2 Å². The molecule has 0 radical (unpaired) electrons. The smallest absolute Gasteiger partial charge is 0.247 e. The highest BCUT2D eigenvalue weighted by Crippen LogP contribution is 2.57. The number of para-hydroxylation sites is 2. The van der Waals surface area contributed by atoms with Crippen molar-refractivity contribution in [3.8, 4) is 28.9 Å². The predicted octanol–water partition coefficient (Wildman–Crippen LogP) is 4.28. The first-order chi connectivity index (χ1) is 17.1. The van der Waals surface area contributed by atoms with Gasteiger partial charge in [-0.2, -0.15) is 15.0 Å². The quantitative estimate of drug-likeness (QED) is 0.493. The number of nitrogens with two attached hydrogens (primary N) is 1. The van der Waals surface area contributed by atoms with Gasteiger partial charge >= 0.3 is 0 Å². The van der Waals surface area contributed by atoms with Gasteiger partial charge in [-0.15, -0.1) is 0 Å². The lowest BCUT2D eigenvalue weighted by molar-refractivity contribution is -0.120. The summed E-state index contributed by atoms with van der Waals surface area (Å²) in [6.45, 7) is 2.36. The number of anilines is 1. The van der Waals surface area contributed by atoms with E-state index in [0.717, 1.165) is 16.9 Å². The Kier molecular flexibility index (Phi) is 4.51. The SMILES string of the molecule is CCN1C(=O)[C@@]2(C(C#N)=C(N)Oc3c2c(-c2ccccc2)nn3-c2ccccc2)c2ccccc21. The van der Waals surface area contributed by atoms with Gasteiger partial charge in [-0.3, -0.25) is 4.79 Å². The molecule has 6 rings (SSSR count). The van der Waals surface area contributed by atoms with Gasteiger partial charge in [0.05, 0.1) is 11.3 Å². The lowest BCUT2D eigenvalue weighted by atomic mass is 9.68. The number of nitriles is 1. The van der Waals surface area contributed by atoms with Crippen molar-refractivity contribution >= 4 is 11.6 Å². The Hall–Kier alpha value is -4.83. The number of amides is 1. The Morgan fingerprint density at radius 2 is 1.66 bits per heavy atom. The Labute approximate surface area is 202 Å². The van der Waals surface area contributed by atoms with E-state index in [1.165, 1.54) is 0 Å². The first-order valence-electron chi connectivity index (χ1n) is 11.4. The number of likely N-dealkylation sites (N-methyl/N-ethyl adjacent to an activating group) is 1. The summed E-state index contributed by atoms with van der Waals surface area (Å²) < 4.78 is 7.76. The number of nitrogens with zero attached hydrogens (tertiary/aromatic N) is 4. The second kappa shape index (κ2) is 7.61. The Bertz CT molecular complexity index is 1550. The van der Waals surface area contributed by atoms with Crippen LogP contribution < -0.4 is 15.4 Å². The van der Waals surface area contributed by atoms with Crippen molar-refractivity contribution in [3.63, 3.8) is 0 Å². The van der Waals surface area contributed by atoms with Crippen LogP contribution in [0.4, 0.5) is 5.69 Å². The van der Waals surface area contributed by atoms with Crippen LogP contribution in [0.15, 0.2) is 96.4 Å². The fourth-order valence-electron chi connectivity index (χ4n) is 5.23.